The number of amides is 1. The summed E-state index contributed by atoms with van der Waals surface area (Å²) in [6, 6.07) is 0.535. The van der Waals surface area contributed by atoms with Gasteiger partial charge >= 0.3 is 0 Å². The van der Waals surface area contributed by atoms with E-state index in [1.54, 1.807) is 0 Å². The van der Waals surface area contributed by atoms with Crippen LogP contribution in [0.4, 0.5) is 0 Å². The third kappa shape index (κ3) is 3.71. The summed E-state index contributed by atoms with van der Waals surface area (Å²) in [5.74, 6) is 1.40. The number of nitrogens with two attached hydrogens (primary N) is 1. The highest BCUT2D eigenvalue weighted by molar-refractivity contribution is 5.79. The maximum atomic E-state index is 12.4. The van der Waals surface area contributed by atoms with Crippen molar-refractivity contribution >= 4 is 5.91 Å². The second-order valence-corrected chi connectivity index (χ2v) is 6.76. The van der Waals surface area contributed by atoms with Crippen molar-refractivity contribution in [2.24, 2.45) is 23.5 Å². The Balaban J connectivity index is 1.85. The normalized spacial score (nSPS) is 34.8. The van der Waals surface area contributed by atoms with Crippen molar-refractivity contribution in [3.8, 4) is 0 Å². The van der Waals surface area contributed by atoms with Crippen molar-refractivity contribution in [3.63, 3.8) is 0 Å². The fraction of sp³-hybridized carbons (Fsp3) is 0.938. The van der Waals surface area contributed by atoms with Crippen LogP contribution >= 0.6 is 0 Å². The average molecular weight is 266 g/mol. The van der Waals surface area contributed by atoms with Crippen molar-refractivity contribution in [2.75, 3.05) is 0 Å². The molecule has 0 aliphatic heterocycles. The Bertz CT molecular complexity index is 299. The number of rotatable bonds is 3. The van der Waals surface area contributed by atoms with Gasteiger partial charge in [-0.25, -0.2) is 0 Å². The minimum Gasteiger partial charge on any atom is -0.353 e. The summed E-state index contributed by atoms with van der Waals surface area (Å²) in [7, 11) is 0. The molecule has 2 aliphatic rings. The lowest BCUT2D eigenvalue weighted by atomic mass is 9.76. The van der Waals surface area contributed by atoms with Crippen LogP contribution in [-0.4, -0.2) is 18.0 Å². The lowest BCUT2D eigenvalue weighted by Gasteiger charge is -2.35. The molecular formula is C16H30N2O. The molecule has 3 heteroatoms. The molecule has 4 atom stereocenters. The summed E-state index contributed by atoms with van der Waals surface area (Å²) >= 11 is 0. The summed E-state index contributed by atoms with van der Waals surface area (Å²) in [6.07, 6.45) is 9.77. The summed E-state index contributed by atoms with van der Waals surface area (Å²) < 4.78 is 0. The van der Waals surface area contributed by atoms with E-state index in [0.717, 1.165) is 19.3 Å². The third-order valence-electron chi connectivity index (χ3n) is 5.43. The zero-order valence-corrected chi connectivity index (χ0v) is 12.5. The molecule has 2 rings (SSSR count). The first-order chi connectivity index (χ1) is 9.09. The van der Waals surface area contributed by atoms with E-state index in [1.165, 1.54) is 32.1 Å². The highest BCUT2D eigenvalue weighted by Gasteiger charge is 2.33. The van der Waals surface area contributed by atoms with Gasteiger partial charge in [0, 0.05) is 18.0 Å². The average Bonchev–Trinajstić information content (AvgIpc) is 2.42. The summed E-state index contributed by atoms with van der Waals surface area (Å²) in [5, 5.41) is 3.28. The molecule has 1 amide bonds. The van der Waals surface area contributed by atoms with Gasteiger partial charge in [-0.2, -0.15) is 0 Å². The second-order valence-electron chi connectivity index (χ2n) is 6.76. The van der Waals surface area contributed by atoms with E-state index >= 15 is 0 Å². The Kier molecular flexibility index (Phi) is 5.26. The lowest BCUT2D eigenvalue weighted by Crippen LogP contribution is -2.48. The van der Waals surface area contributed by atoms with E-state index < -0.39 is 0 Å². The summed E-state index contributed by atoms with van der Waals surface area (Å²) in [4.78, 5) is 12.4. The molecule has 3 N–H and O–H groups in total. The van der Waals surface area contributed by atoms with Crippen molar-refractivity contribution < 1.29 is 4.79 Å². The molecule has 0 aromatic heterocycles. The lowest BCUT2D eigenvalue weighted by molar-refractivity contribution is -0.128. The van der Waals surface area contributed by atoms with Crippen LogP contribution in [0.2, 0.25) is 0 Å². The number of carbonyl (C=O) groups is 1. The van der Waals surface area contributed by atoms with Gasteiger partial charge in [-0.05, 0) is 44.4 Å². The first kappa shape index (κ1) is 14.8. The molecule has 110 valence electrons. The van der Waals surface area contributed by atoms with Crippen LogP contribution in [0.5, 0.6) is 0 Å². The quantitative estimate of drug-likeness (QED) is 0.825. The van der Waals surface area contributed by atoms with Crippen LogP contribution in [0.1, 0.15) is 65.2 Å². The third-order valence-corrected chi connectivity index (χ3v) is 5.43. The van der Waals surface area contributed by atoms with E-state index in [-0.39, 0.29) is 17.9 Å². The Labute approximate surface area is 117 Å². The molecule has 19 heavy (non-hydrogen) atoms. The standard InChI is InChI=1S/C16H30N2O/c1-11-14(9-6-10-15(11)17)16(19)18-12(2)13-7-4-3-5-8-13/h11-15H,3-10,17H2,1-2H3,(H,18,19). The molecule has 0 spiro atoms. The molecular weight excluding hydrogens is 236 g/mol. The van der Waals surface area contributed by atoms with Gasteiger partial charge in [0.1, 0.15) is 0 Å². The van der Waals surface area contributed by atoms with Gasteiger partial charge < -0.3 is 11.1 Å². The largest absolute Gasteiger partial charge is 0.353 e. The molecule has 0 saturated heterocycles. The molecule has 0 aromatic rings. The van der Waals surface area contributed by atoms with Gasteiger partial charge in [0.05, 0.1) is 0 Å². The minimum absolute atomic E-state index is 0.134. The molecule has 0 heterocycles. The van der Waals surface area contributed by atoms with Crippen LogP contribution in [-0.2, 0) is 4.79 Å². The predicted octanol–water partition coefficient (Wildman–Crippen LogP) is 2.83. The van der Waals surface area contributed by atoms with Crippen molar-refractivity contribution in [2.45, 2.75) is 77.3 Å². The maximum absolute atomic E-state index is 12.4. The van der Waals surface area contributed by atoms with Crippen molar-refractivity contribution in [3.05, 3.63) is 0 Å². The second kappa shape index (κ2) is 6.74. The monoisotopic (exact) mass is 266 g/mol. The number of hydrogen-bond donors (Lipinski definition) is 2. The molecule has 2 aliphatic carbocycles. The fourth-order valence-electron chi connectivity index (χ4n) is 3.85. The molecule has 4 unspecified atom stereocenters. The van der Waals surface area contributed by atoms with Crippen LogP contribution < -0.4 is 11.1 Å². The topological polar surface area (TPSA) is 55.1 Å². The van der Waals surface area contributed by atoms with E-state index in [9.17, 15) is 4.79 Å². The van der Waals surface area contributed by atoms with E-state index in [4.69, 9.17) is 5.73 Å². The highest BCUT2D eigenvalue weighted by Crippen LogP contribution is 2.30. The van der Waals surface area contributed by atoms with Gasteiger partial charge in [0.25, 0.3) is 0 Å². The predicted molar refractivity (Wildman–Crippen MR) is 78.7 cm³/mol. The van der Waals surface area contributed by atoms with Crippen LogP contribution in [0.15, 0.2) is 0 Å². The molecule has 3 nitrogen and oxygen atoms in total. The fourth-order valence-corrected chi connectivity index (χ4v) is 3.85. The van der Waals surface area contributed by atoms with Crippen molar-refractivity contribution in [1.29, 1.82) is 0 Å². The zero-order valence-electron chi connectivity index (χ0n) is 12.5. The maximum Gasteiger partial charge on any atom is 0.223 e. The van der Waals surface area contributed by atoms with E-state index in [0.29, 0.717) is 17.9 Å². The Morgan fingerprint density at radius 1 is 1.11 bits per heavy atom. The van der Waals surface area contributed by atoms with Crippen LogP contribution in [0.3, 0.4) is 0 Å². The number of hydrogen-bond acceptors (Lipinski definition) is 2. The van der Waals surface area contributed by atoms with E-state index in [1.807, 2.05) is 0 Å². The summed E-state index contributed by atoms with van der Waals surface area (Å²) in [6.45, 7) is 4.32. The van der Waals surface area contributed by atoms with Crippen molar-refractivity contribution in [1.82, 2.24) is 5.32 Å². The summed E-state index contributed by atoms with van der Waals surface area (Å²) in [5.41, 5.74) is 6.10. The van der Waals surface area contributed by atoms with Gasteiger partial charge in [-0.1, -0.05) is 32.6 Å². The molecule has 2 fully saturated rings. The van der Waals surface area contributed by atoms with Gasteiger partial charge in [-0.15, -0.1) is 0 Å². The molecule has 2 saturated carbocycles. The Morgan fingerprint density at radius 2 is 1.79 bits per heavy atom. The molecule has 0 radical (unpaired) electrons. The van der Waals surface area contributed by atoms with E-state index in [2.05, 4.69) is 19.2 Å². The van der Waals surface area contributed by atoms with Gasteiger partial charge in [0.15, 0.2) is 0 Å². The molecule has 0 aromatic carbocycles. The van der Waals surface area contributed by atoms with Gasteiger partial charge in [-0.3, -0.25) is 4.79 Å². The van der Waals surface area contributed by atoms with Gasteiger partial charge in [0.2, 0.25) is 5.91 Å². The first-order valence-corrected chi connectivity index (χ1v) is 8.15. The number of nitrogens with one attached hydrogen (secondary N) is 1. The Hall–Kier alpha value is -0.570. The minimum atomic E-state index is 0.134. The van der Waals surface area contributed by atoms with Crippen LogP contribution in [0, 0.1) is 17.8 Å². The first-order valence-electron chi connectivity index (χ1n) is 8.15. The van der Waals surface area contributed by atoms with Crippen LogP contribution in [0.25, 0.3) is 0 Å². The Morgan fingerprint density at radius 3 is 2.47 bits per heavy atom. The molecule has 0 bridgehead atoms. The smallest absolute Gasteiger partial charge is 0.223 e. The zero-order chi connectivity index (χ0) is 13.8. The highest BCUT2D eigenvalue weighted by atomic mass is 16.2. The SMILES string of the molecule is CC(NC(=O)C1CCCC(N)C1C)C1CCCCC1. The number of carbonyl (C=O) groups excluding carboxylic acids is 1.